The van der Waals surface area contributed by atoms with Gasteiger partial charge >= 0.3 is 0 Å². The zero-order valence-corrected chi connectivity index (χ0v) is 12.3. The Labute approximate surface area is 109 Å². The van der Waals surface area contributed by atoms with Crippen molar-refractivity contribution < 1.29 is 0 Å². The number of hydrogen-bond acceptors (Lipinski definition) is 3. The molecule has 0 aromatic carbocycles. The Morgan fingerprint density at radius 1 is 1.47 bits per heavy atom. The highest BCUT2D eigenvalue weighted by Gasteiger charge is 2.12. The highest BCUT2D eigenvalue weighted by Crippen LogP contribution is 2.09. The van der Waals surface area contributed by atoms with E-state index in [1.54, 1.807) is 0 Å². The van der Waals surface area contributed by atoms with Crippen LogP contribution < -0.4 is 5.32 Å². The van der Waals surface area contributed by atoms with Crippen LogP contribution in [0.2, 0.25) is 0 Å². The largest absolute Gasteiger partial charge is 0.313 e. The van der Waals surface area contributed by atoms with Crippen LogP contribution >= 0.6 is 11.8 Å². The summed E-state index contributed by atoms with van der Waals surface area (Å²) in [5, 5.41) is 8.12. The Morgan fingerprint density at radius 2 is 2.24 bits per heavy atom. The van der Waals surface area contributed by atoms with Gasteiger partial charge in [-0.15, -0.1) is 0 Å². The van der Waals surface area contributed by atoms with Gasteiger partial charge in [-0.2, -0.15) is 16.9 Å². The fourth-order valence-corrected chi connectivity index (χ4v) is 2.67. The second-order valence-electron chi connectivity index (χ2n) is 4.40. The summed E-state index contributed by atoms with van der Waals surface area (Å²) < 4.78 is 2.12. The van der Waals surface area contributed by atoms with Crippen molar-refractivity contribution in [3.8, 4) is 0 Å². The zero-order chi connectivity index (χ0) is 12.7. The van der Waals surface area contributed by atoms with Gasteiger partial charge in [0.15, 0.2) is 0 Å². The van der Waals surface area contributed by atoms with Gasteiger partial charge in [-0.25, -0.2) is 0 Å². The van der Waals surface area contributed by atoms with Crippen LogP contribution in [-0.2, 0) is 13.0 Å². The lowest BCUT2D eigenvalue weighted by Gasteiger charge is -2.17. The van der Waals surface area contributed by atoms with E-state index in [1.807, 2.05) is 11.8 Å². The third kappa shape index (κ3) is 4.72. The van der Waals surface area contributed by atoms with E-state index in [0.29, 0.717) is 6.04 Å². The molecule has 1 N–H and O–H groups in total. The third-order valence-corrected chi connectivity index (χ3v) is 3.53. The molecule has 1 heterocycles. The molecule has 4 heteroatoms. The zero-order valence-electron chi connectivity index (χ0n) is 11.5. The summed E-state index contributed by atoms with van der Waals surface area (Å²) >= 11 is 1.91. The molecule has 0 spiro atoms. The molecule has 0 saturated carbocycles. The number of nitrogens with one attached hydrogen (secondary N) is 1. The number of nitrogens with zero attached hydrogens (tertiary/aromatic N) is 2. The number of aromatic nitrogens is 2. The van der Waals surface area contributed by atoms with Crippen molar-refractivity contribution in [2.24, 2.45) is 0 Å². The smallest absolute Gasteiger partial charge is 0.0596 e. The lowest BCUT2D eigenvalue weighted by Crippen LogP contribution is -2.34. The normalized spacial score (nSPS) is 12.9. The summed E-state index contributed by atoms with van der Waals surface area (Å²) in [6.07, 6.45) is 4.44. The lowest BCUT2D eigenvalue weighted by atomic mass is 10.1. The van der Waals surface area contributed by atoms with Crippen LogP contribution in [0.25, 0.3) is 0 Å². The monoisotopic (exact) mass is 255 g/mol. The molecule has 3 nitrogen and oxygen atoms in total. The molecule has 0 aliphatic carbocycles. The summed E-state index contributed by atoms with van der Waals surface area (Å²) in [5.41, 5.74) is 2.48. The van der Waals surface area contributed by atoms with Gasteiger partial charge in [0.1, 0.15) is 0 Å². The molecule has 1 aromatic rings. The molecule has 1 atom stereocenters. The average Bonchev–Trinajstić information content (AvgIpc) is 2.66. The van der Waals surface area contributed by atoms with E-state index in [2.05, 4.69) is 48.2 Å². The third-order valence-electron chi connectivity index (χ3n) is 2.79. The second-order valence-corrected chi connectivity index (χ2v) is 5.31. The van der Waals surface area contributed by atoms with Gasteiger partial charge in [0.05, 0.1) is 5.69 Å². The summed E-state index contributed by atoms with van der Waals surface area (Å²) in [6, 6.07) is 2.77. The highest BCUT2D eigenvalue weighted by atomic mass is 32.2. The minimum Gasteiger partial charge on any atom is -0.313 e. The van der Waals surface area contributed by atoms with Crippen molar-refractivity contribution in [2.45, 2.75) is 46.2 Å². The van der Waals surface area contributed by atoms with Gasteiger partial charge in [0.2, 0.25) is 0 Å². The summed E-state index contributed by atoms with van der Waals surface area (Å²) in [7, 11) is 0. The predicted octanol–water partition coefficient (Wildman–Crippen LogP) is 2.49. The fraction of sp³-hybridized carbons (Fsp3) is 0.769. The van der Waals surface area contributed by atoms with E-state index in [4.69, 9.17) is 0 Å². The predicted molar refractivity (Wildman–Crippen MR) is 76.8 cm³/mol. The van der Waals surface area contributed by atoms with Crippen molar-refractivity contribution in [3.63, 3.8) is 0 Å². The number of hydrogen-bond donors (Lipinski definition) is 1. The minimum absolute atomic E-state index is 0.561. The molecule has 0 radical (unpaired) electrons. The molecule has 1 unspecified atom stereocenters. The van der Waals surface area contributed by atoms with Crippen LogP contribution in [0, 0.1) is 6.92 Å². The Hall–Kier alpha value is -0.480. The number of rotatable bonds is 8. The fourth-order valence-electron chi connectivity index (χ4n) is 2.03. The maximum absolute atomic E-state index is 4.50. The summed E-state index contributed by atoms with van der Waals surface area (Å²) in [6.45, 7) is 8.49. The second kappa shape index (κ2) is 7.77. The first kappa shape index (κ1) is 14.6. The molecule has 17 heavy (non-hydrogen) atoms. The molecule has 0 amide bonds. The van der Waals surface area contributed by atoms with E-state index in [-0.39, 0.29) is 0 Å². The first-order valence-electron chi connectivity index (χ1n) is 6.46. The van der Waals surface area contributed by atoms with E-state index in [1.165, 1.54) is 12.1 Å². The first-order chi connectivity index (χ1) is 8.21. The van der Waals surface area contributed by atoms with Crippen molar-refractivity contribution in [1.82, 2.24) is 15.1 Å². The van der Waals surface area contributed by atoms with Gasteiger partial charge in [0, 0.05) is 30.5 Å². The molecule has 0 aliphatic rings. The first-order valence-corrected chi connectivity index (χ1v) is 7.86. The number of thioether (sulfide) groups is 1. The molecular formula is C13H25N3S. The summed E-state index contributed by atoms with van der Waals surface area (Å²) in [5.74, 6) is 1.16. The van der Waals surface area contributed by atoms with Gasteiger partial charge in [-0.3, -0.25) is 4.68 Å². The van der Waals surface area contributed by atoms with E-state index >= 15 is 0 Å². The van der Waals surface area contributed by atoms with Gasteiger partial charge in [-0.05, 0) is 39.1 Å². The van der Waals surface area contributed by atoms with Crippen molar-refractivity contribution in [2.75, 3.05) is 18.6 Å². The van der Waals surface area contributed by atoms with E-state index in [9.17, 15) is 0 Å². The van der Waals surface area contributed by atoms with Crippen molar-refractivity contribution in [1.29, 1.82) is 0 Å². The standard InChI is InChI=1S/C13H25N3S/c1-5-7-14-12(10-17-4)9-13-8-11(3)15-16(13)6-2/h8,12,14H,5-7,9-10H2,1-4H3. The molecule has 98 valence electrons. The Morgan fingerprint density at radius 3 is 2.82 bits per heavy atom. The quantitative estimate of drug-likeness (QED) is 0.774. The van der Waals surface area contributed by atoms with Crippen LogP contribution in [0.3, 0.4) is 0 Å². The topological polar surface area (TPSA) is 29.9 Å². The lowest BCUT2D eigenvalue weighted by molar-refractivity contribution is 0.520. The Kier molecular flexibility index (Phi) is 6.66. The number of aryl methyl sites for hydroxylation is 2. The van der Waals surface area contributed by atoms with Gasteiger partial charge < -0.3 is 5.32 Å². The van der Waals surface area contributed by atoms with Crippen LogP contribution in [0.4, 0.5) is 0 Å². The molecule has 0 aliphatic heterocycles. The van der Waals surface area contributed by atoms with Crippen molar-refractivity contribution in [3.05, 3.63) is 17.5 Å². The Bertz CT molecular complexity index is 322. The maximum atomic E-state index is 4.50. The van der Waals surface area contributed by atoms with Crippen LogP contribution in [0.15, 0.2) is 6.07 Å². The molecule has 0 saturated heterocycles. The van der Waals surface area contributed by atoms with Crippen molar-refractivity contribution >= 4 is 11.8 Å². The molecule has 0 bridgehead atoms. The highest BCUT2D eigenvalue weighted by molar-refractivity contribution is 7.98. The maximum Gasteiger partial charge on any atom is 0.0596 e. The summed E-state index contributed by atoms with van der Waals surface area (Å²) in [4.78, 5) is 0. The van der Waals surface area contributed by atoms with Gasteiger partial charge in [-0.1, -0.05) is 6.92 Å². The molecule has 0 fully saturated rings. The van der Waals surface area contributed by atoms with Gasteiger partial charge in [0.25, 0.3) is 0 Å². The Balaban J connectivity index is 2.63. The molecule has 1 rings (SSSR count). The van der Waals surface area contributed by atoms with Crippen LogP contribution in [-0.4, -0.2) is 34.4 Å². The van der Waals surface area contributed by atoms with Crippen LogP contribution in [0.5, 0.6) is 0 Å². The van der Waals surface area contributed by atoms with Crippen LogP contribution in [0.1, 0.15) is 31.7 Å². The van der Waals surface area contributed by atoms with E-state index in [0.717, 1.165) is 31.0 Å². The minimum atomic E-state index is 0.561. The van der Waals surface area contributed by atoms with E-state index < -0.39 is 0 Å². The molecular weight excluding hydrogens is 230 g/mol. The SMILES string of the molecule is CCCNC(CSC)Cc1cc(C)nn1CC. The molecule has 1 aromatic heterocycles. The average molecular weight is 255 g/mol.